The van der Waals surface area contributed by atoms with E-state index < -0.39 is 0 Å². The van der Waals surface area contributed by atoms with Gasteiger partial charge in [-0.15, -0.1) is 0 Å². The molecular weight excluding hydrogens is 330 g/mol. The molecular formula is C20H31N3O3. The Morgan fingerprint density at radius 3 is 2.62 bits per heavy atom. The largest absolute Gasteiger partial charge is 0.382 e. The van der Waals surface area contributed by atoms with Crippen LogP contribution in [0.1, 0.15) is 56.3 Å². The van der Waals surface area contributed by atoms with Crippen LogP contribution in [-0.4, -0.2) is 44.7 Å². The first-order valence-electron chi connectivity index (χ1n) is 9.70. The summed E-state index contributed by atoms with van der Waals surface area (Å²) < 4.78 is 5.31. The van der Waals surface area contributed by atoms with Crippen molar-refractivity contribution >= 4 is 23.2 Å². The fourth-order valence-electron chi connectivity index (χ4n) is 3.07. The maximum Gasteiger partial charge on any atom is 0.253 e. The molecule has 2 N–H and O–H groups in total. The van der Waals surface area contributed by atoms with Crippen molar-refractivity contribution in [1.82, 2.24) is 5.32 Å². The minimum Gasteiger partial charge on any atom is -0.382 e. The van der Waals surface area contributed by atoms with Crippen LogP contribution < -0.4 is 15.5 Å². The number of nitrogens with zero attached hydrogens (tertiary/aromatic N) is 1. The zero-order chi connectivity index (χ0) is 18.8. The molecule has 0 spiro atoms. The van der Waals surface area contributed by atoms with E-state index in [0.717, 1.165) is 38.0 Å². The lowest BCUT2D eigenvalue weighted by Crippen LogP contribution is -2.33. The molecule has 6 heteroatoms. The monoisotopic (exact) mass is 361 g/mol. The van der Waals surface area contributed by atoms with Crippen LogP contribution in [-0.2, 0) is 9.53 Å². The first-order valence-corrected chi connectivity index (χ1v) is 9.70. The van der Waals surface area contributed by atoms with Gasteiger partial charge < -0.3 is 20.3 Å². The Hall–Kier alpha value is -2.08. The average Bonchev–Trinajstić information content (AvgIpc) is 2.68. The van der Waals surface area contributed by atoms with Crippen LogP contribution >= 0.6 is 0 Å². The molecule has 0 aliphatic carbocycles. The minimum absolute atomic E-state index is 0.0567. The van der Waals surface area contributed by atoms with Crippen LogP contribution in [0.25, 0.3) is 0 Å². The van der Waals surface area contributed by atoms with Crippen molar-refractivity contribution < 1.29 is 14.3 Å². The zero-order valence-electron chi connectivity index (χ0n) is 16.0. The molecule has 0 bridgehead atoms. The summed E-state index contributed by atoms with van der Waals surface area (Å²) in [6.45, 7) is 7.60. The van der Waals surface area contributed by atoms with Gasteiger partial charge in [0, 0.05) is 50.6 Å². The smallest absolute Gasteiger partial charge is 0.253 e. The third-order valence-corrected chi connectivity index (χ3v) is 4.50. The number of rotatable bonds is 9. The molecule has 0 saturated carbocycles. The van der Waals surface area contributed by atoms with Crippen LogP contribution in [0.5, 0.6) is 0 Å². The van der Waals surface area contributed by atoms with E-state index in [4.69, 9.17) is 4.74 Å². The van der Waals surface area contributed by atoms with Crippen molar-refractivity contribution in [2.45, 2.75) is 46.0 Å². The Kier molecular flexibility index (Phi) is 8.41. The summed E-state index contributed by atoms with van der Waals surface area (Å²) in [4.78, 5) is 26.7. The van der Waals surface area contributed by atoms with Crippen molar-refractivity contribution in [3.63, 3.8) is 0 Å². The molecule has 2 amide bonds. The molecule has 1 saturated heterocycles. The summed E-state index contributed by atoms with van der Waals surface area (Å²) in [7, 11) is 0. The highest BCUT2D eigenvalue weighted by atomic mass is 16.5. The molecule has 2 rings (SSSR count). The van der Waals surface area contributed by atoms with Crippen molar-refractivity contribution in [1.29, 1.82) is 0 Å². The lowest BCUT2D eigenvalue weighted by molar-refractivity contribution is -0.115. The summed E-state index contributed by atoms with van der Waals surface area (Å²) in [5.74, 6) is -0.159. The van der Waals surface area contributed by atoms with Crippen molar-refractivity contribution in [2.24, 2.45) is 0 Å². The molecule has 144 valence electrons. The van der Waals surface area contributed by atoms with Gasteiger partial charge in [-0.1, -0.05) is 6.92 Å². The molecule has 0 radical (unpaired) electrons. The van der Waals surface area contributed by atoms with Gasteiger partial charge in [-0.2, -0.15) is 0 Å². The number of nitrogens with one attached hydrogen (secondary N) is 2. The highest BCUT2D eigenvalue weighted by Crippen LogP contribution is 2.27. The SMILES string of the molecule is CCOCCCNC(=O)c1cc(NC(=O)CC)ccc1N1CCCCC1. The predicted octanol–water partition coefficient (Wildman–Crippen LogP) is 3.18. The molecule has 6 nitrogen and oxygen atoms in total. The lowest BCUT2D eigenvalue weighted by atomic mass is 10.1. The van der Waals surface area contributed by atoms with E-state index in [0.29, 0.717) is 37.4 Å². The maximum absolute atomic E-state index is 12.8. The second-order valence-corrected chi connectivity index (χ2v) is 6.49. The summed E-state index contributed by atoms with van der Waals surface area (Å²) in [5.41, 5.74) is 2.23. The van der Waals surface area contributed by atoms with Gasteiger partial charge in [-0.25, -0.2) is 0 Å². The predicted molar refractivity (Wildman–Crippen MR) is 105 cm³/mol. The van der Waals surface area contributed by atoms with E-state index >= 15 is 0 Å². The topological polar surface area (TPSA) is 70.7 Å². The average molecular weight is 361 g/mol. The number of carbonyl (C=O) groups excluding carboxylic acids is 2. The fraction of sp³-hybridized carbons (Fsp3) is 0.600. The van der Waals surface area contributed by atoms with Gasteiger partial charge in [0.2, 0.25) is 5.91 Å². The van der Waals surface area contributed by atoms with Gasteiger partial charge in [0.15, 0.2) is 0 Å². The van der Waals surface area contributed by atoms with Crippen molar-refractivity contribution in [2.75, 3.05) is 43.1 Å². The first kappa shape index (κ1) is 20.2. The van der Waals surface area contributed by atoms with Crippen LogP contribution in [0, 0.1) is 0 Å². The van der Waals surface area contributed by atoms with E-state index in [-0.39, 0.29) is 11.8 Å². The first-order chi connectivity index (χ1) is 12.7. The number of hydrogen-bond donors (Lipinski definition) is 2. The van der Waals surface area contributed by atoms with E-state index in [1.807, 2.05) is 26.0 Å². The normalized spacial score (nSPS) is 14.2. The summed E-state index contributed by atoms with van der Waals surface area (Å²) in [6, 6.07) is 5.62. The molecule has 1 fully saturated rings. The number of benzene rings is 1. The Morgan fingerprint density at radius 2 is 1.92 bits per heavy atom. The van der Waals surface area contributed by atoms with Gasteiger partial charge in [-0.3, -0.25) is 9.59 Å². The number of amides is 2. The number of hydrogen-bond acceptors (Lipinski definition) is 4. The van der Waals surface area contributed by atoms with E-state index in [9.17, 15) is 9.59 Å². The second-order valence-electron chi connectivity index (χ2n) is 6.49. The summed E-state index contributed by atoms with van der Waals surface area (Å²) >= 11 is 0. The Balaban J connectivity index is 2.13. The molecule has 0 atom stereocenters. The standard InChI is InChI=1S/C20H31N3O3/c1-3-19(24)22-16-9-10-18(23-12-6-5-7-13-23)17(15-16)20(25)21-11-8-14-26-4-2/h9-10,15H,3-8,11-14H2,1-2H3,(H,21,25)(H,22,24). The summed E-state index contributed by atoms with van der Waals surface area (Å²) in [6.07, 6.45) is 4.71. The van der Waals surface area contributed by atoms with Gasteiger partial charge >= 0.3 is 0 Å². The number of piperidine rings is 1. The Bertz CT molecular complexity index is 598. The molecule has 1 aromatic rings. The molecule has 1 heterocycles. The van der Waals surface area contributed by atoms with Crippen LogP contribution in [0.15, 0.2) is 18.2 Å². The van der Waals surface area contributed by atoms with Gasteiger partial charge in [0.25, 0.3) is 5.91 Å². The molecule has 1 aromatic carbocycles. The molecule has 1 aliphatic rings. The highest BCUT2D eigenvalue weighted by Gasteiger charge is 2.19. The quantitative estimate of drug-likeness (QED) is 0.663. The zero-order valence-corrected chi connectivity index (χ0v) is 16.0. The summed E-state index contributed by atoms with van der Waals surface area (Å²) in [5, 5.41) is 5.82. The van der Waals surface area contributed by atoms with Crippen LogP contribution in [0.3, 0.4) is 0 Å². The number of carbonyl (C=O) groups is 2. The van der Waals surface area contributed by atoms with Crippen molar-refractivity contribution in [3.05, 3.63) is 23.8 Å². The Labute approximate surface area is 156 Å². The van der Waals surface area contributed by atoms with Gasteiger partial charge in [0.1, 0.15) is 0 Å². The van der Waals surface area contributed by atoms with Crippen LogP contribution in [0.4, 0.5) is 11.4 Å². The highest BCUT2D eigenvalue weighted by molar-refractivity contribution is 6.02. The van der Waals surface area contributed by atoms with Crippen LogP contribution in [0.2, 0.25) is 0 Å². The molecule has 1 aliphatic heterocycles. The third kappa shape index (κ3) is 6.02. The van der Waals surface area contributed by atoms with Crippen molar-refractivity contribution in [3.8, 4) is 0 Å². The van der Waals surface area contributed by atoms with Gasteiger partial charge in [0.05, 0.1) is 5.56 Å². The fourth-order valence-corrected chi connectivity index (χ4v) is 3.07. The molecule has 0 aromatic heterocycles. The second kappa shape index (κ2) is 10.8. The Morgan fingerprint density at radius 1 is 1.15 bits per heavy atom. The molecule has 26 heavy (non-hydrogen) atoms. The minimum atomic E-state index is -0.102. The molecule has 0 unspecified atom stereocenters. The van der Waals surface area contributed by atoms with E-state index in [2.05, 4.69) is 15.5 Å². The number of anilines is 2. The lowest BCUT2D eigenvalue weighted by Gasteiger charge is -2.30. The van der Waals surface area contributed by atoms with E-state index in [1.54, 1.807) is 6.07 Å². The van der Waals surface area contributed by atoms with E-state index in [1.165, 1.54) is 6.42 Å². The van der Waals surface area contributed by atoms with Gasteiger partial charge in [-0.05, 0) is 50.8 Å². The maximum atomic E-state index is 12.8. The third-order valence-electron chi connectivity index (χ3n) is 4.50. The number of ether oxygens (including phenoxy) is 1.